The Morgan fingerprint density at radius 2 is 2.12 bits per heavy atom. The van der Waals surface area contributed by atoms with Crippen molar-refractivity contribution in [1.29, 1.82) is 0 Å². The van der Waals surface area contributed by atoms with E-state index in [0.717, 1.165) is 11.1 Å². The SMILES string of the molecule is Cc1ccc(C(O)Cc2ccncc2Cl)nc1. The predicted octanol–water partition coefficient (Wildman–Crippen LogP) is 2.71. The minimum atomic E-state index is -0.643. The topological polar surface area (TPSA) is 46.0 Å². The fraction of sp³-hybridized carbons (Fsp3) is 0.231. The normalized spacial score (nSPS) is 12.4. The van der Waals surface area contributed by atoms with Crippen molar-refractivity contribution in [3.63, 3.8) is 0 Å². The molecule has 0 aliphatic heterocycles. The molecular weight excluding hydrogens is 236 g/mol. The average molecular weight is 249 g/mol. The van der Waals surface area contributed by atoms with E-state index in [0.29, 0.717) is 17.1 Å². The molecule has 2 heterocycles. The number of rotatable bonds is 3. The van der Waals surface area contributed by atoms with Crippen LogP contribution in [0.1, 0.15) is 22.9 Å². The third-order valence-electron chi connectivity index (χ3n) is 2.55. The van der Waals surface area contributed by atoms with Crippen molar-refractivity contribution in [2.45, 2.75) is 19.4 Å². The number of pyridine rings is 2. The molecular formula is C13H13ClN2O. The summed E-state index contributed by atoms with van der Waals surface area (Å²) in [7, 11) is 0. The van der Waals surface area contributed by atoms with Crippen LogP contribution in [0.2, 0.25) is 5.02 Å². The minimum absolute atomic E-state index is 0.442. The summed E-state index contributed by atoms with van der Waals surface area (Å²) in [5.41, 5.74) is 2.60. The summed E-state index contributed by atoms with van der Waals surface area (Å²) in [6.07, 6.45) is 4.78. The molecule has 1 atom stereocenters. The molecule has 0 fully saturated rings. The van der Waals surface area contributed by atoms with Crippen LogP contribution >= 0.6 is 11.6 Å². The second-order valence-electron chi connectivity index (χ2n) is 3.95. The van der Waals surface area contributed by atoms with Crippen LogP contribution in [-0.4, -0.2) is 15.1 Å². The molecule has 3 nitrogen and oxygen atoms in total. The molecule has 0 saturated heterocycles. The molecule has 1 N–H and O–H groups in total. The zero-order chi connectivity index (χ0) is 12.3. The Bertz CT molecular complexity index is 499. The fourth-order valence-corrected chi connectivity index (χ4v) is 1.76. The van der Waals surface area contributed by atoms with Crippen molar-refractivity contribution in [2.75, 3.05) is 0 Å². The first-order chi connectivity index (χ1) is 8.16. The fourth-order valence-electron chi connectivity index (χ4n) is 1.56. The van der Waals surface area contributed by atoms with E-state index in [9.17, 15) is 5.11 Å². The molecule has 0 saturated carbocycles. The molecule has 0 radical (unpaired) electrons. The van der Waals surface area contributed by atoms with E-state index < -0.39 is 6.10 Å². The highest BCUT2D eigenvalue weighted by molar-refractivity contribution is 6.31. The molecule has 0 spiro atoms. The highest BCUT2D eigenvalue weighted by Gasteiger charge is 2.11. The lowest BCUT2D eigenvalue weighted by atomic mass is 10.1. The number of hydrogen-bond acceptors (Lipinski definition) is 3. The molecule has 1 unspecified atom stereocenters. The van der Waals surface area contributed by atoms with Crippen molar-refractivity contribution in [1.82, 2.24) is 9.97 Å². The molecule has 0 aliphatic rings. The maximum atomic E-state index is 10.0. The van der Waals surface area contributed by atoms with Crippen LogP contribution in [0.5, 0.6) is 0 Å². The van der Waals surface area contributed by atoms with Gasteiger partial charge in [-0.05, 0) is 30.2 Å². The smallest absolute Gasteiger partial charge is 0.1000 e. The molecule has 0 amide bonds. The molecule has 0 aromatic carbocycles. The van der Waals surface area contributed by atoms with Gasteiger partial charge in [-0.2, -0.15) is 0 Å². The Morgan fingerprint density at radius 3 is 2.76 bits per heavy atom. The van der Waals surface area contributed by atoms with Crippen LogP contribution in [0.25, 0.3) is 0 Å². The van der Waals surface area contributed by atoms with E-state index in [4.69, 9.17) is 11.6 Å². The Hall–Kier alpha value is -1.45. The number of hydrogen-bond donors (Lipinski definition) is 1. The van der Waals surface area contributed by atoms with Crippen molar-refractivity contribution < 1.29 is 5.11 Å². The quantitative estimate of drug-likeness (QED) is 0.909. The van der Waals surface area contributed by atoms with Crippen molar-refractivity contribution in [3.8, 4) is 0 Å². The number of nitrogens with zero attached hydrogens (tertiary/aromatic N) is 2. The predicted molar refractivity (Wildman–Crippen MR) is 66.9 cm³/mol. The summed E-state index contributed by atoms with van der Waals surface area (Å²) >= 11 is 5.99. The molecule has 88 valence electrons. The Balaban J connectivity index is 2.14. The van der Waals surface area contributed by atoms with Crippen LogP contribution in [-0.2, 0) is 6.42 Å². The first-order valence-electron chi connectivity index (χ1n) is 5.36. The van der Waals surface area contributed by atoms with Gasteiger partial charge in [-0.15, -0.1) is 0 Å². The van der Waals surface area contributed by atoms with Gasteiger partial charge in [-0.1, -0.05) is 17.7 Å². The molecule has 2 rings (SSSR count). The van der Waals surface area contributed by atoms with Crippen molar-refractivity contribution >= 4 is 11.6 Å². The molecule has 4 heteroatoms. The molecule has 0 aliphatic carbocycles. The van der Waals surface area contributed by atoms with Gasteiger partial charge < -0.3 is 5.11 Å². The van der Waals surface area contributed by atoms with Gasteiger partial charge in [0.15, 0.2) is 0 Å². The zero-order valence-electron chi connectivity index (χ0n) is 9.47. The number of aliphatic hydroxyl groups excluding tert-OH is 1. The largest absolute Gasteiger partial charge is 0.386 e. The average Bonchev–Trinajstić information content (AvgIpc) is 2.33. The first-order valence-corrected chi connectivity index (χ1v) is 5.73. The Morgan fingerprint density at radius 1 is 1.29 bits per heavy atom. The summed E-state index contributed by atoms with van der Waals surface area (Å²) in [4.78, 5) is 8.10. The summed E-state index contributed by atoms with van der Waals surface area (Å²) in [6, 6.07) is 5.56. The summed E-state index contributed by atoms with van der Waals surface area (Å²) in [5, 5.41) is 10.6. The lowest BCUT2D eigenvalue weighted by Crippen LogP contribution is -2.04. The van der Waals surface area contributed by atoms with Gasteiger partial charge in [0.1, 0.15) is 0 Å². The van der Waals surface area contributed by atoms with Crippen LogP contribution in [0.4, 0.5) is 0 Å². The van der Waals surface area contributed by atoms with Gasteiger partial charge in [-0.25, -0.2) is 0 Å². The molecule has 2 aromatic rings. The number of aliphatic hydroxyl groups is 1. The van der Waals surface area contributed by atoms with E-state index in [2.05, 4.69) is 9.97 Å². The van der Waals surface area contributed by atoms with Crippen LogP contribution in [0.15, 0.2) is 36.8 Å². The highest BCUT2D eigenvalue weighted by atomic mass is 35.5. The monoisotopic (exact) mass is 248 g/mol. The lowest BCUT2D eigenvalue weighted by Gasteiger charge is -2.11. The molecule has 0 bridgehead atoms. The van der Waals surface area contributed by atoms with Gasteiger partial charge in [0.05, 0.1) is 16.8 Å². The van der Waals surface area contributed by atoms with Crippen LogP contribution in [0.3, 0.4) is 0 Å². The van der Waals surface area contributed by atoms with Crippen LogP contribution in [0, 0.1) is 6.92 Å². The van der Waals surface area contributed by atoms with E-state index in [1.165, 1.54) is 0 Å². The lowest BCUT2D eigenvalue weighted by molar-refractivity contribution is 0.173. The number of aromatic nitrogens is 2. The molecule has 17 heavy (non-hydrogen) atoms. The van der Waals surface area contributed by atoms with Gasteiger partial charge in [0.25, 0.3) is 0 Å². The maximum Gasteiger partial charge on any atom is 0.1000 e. The summed E-state index contributed by atoms with van der Waals surface area (Å²) in [5.74, 6) is 0. The van der Waals surface area contributed by atoms with E-state index in [1.807, 2.05) is 19.1 Å². The second-order valence-corrected chi connectivity index (χ2v) is 4.35. The van der Waals surface area contributed by atoms with E-state index in [-0.39, 0.29) is 0 Å². The first kappa shape index (κ1) is 12.0. The van der Waals surface area contributed by atoms with Gasteiger partial charge in [0, 0.05) is 25.0 Å². The highest BCUT2D eigenvalue weighted by Crippen LogP contribution is 2.21. The Labute approximate surface area is 105 Å². The number of aryl methyl sites for hydroxylation is 1. The van der Waals surface area contributed by atoms with Crippen LogP contribution < -0.4 is 0 Å². The standard InChI is InChI=1S/C13H13ClN2O/c1-9-2-3-12(16-7-9)13(17)6-10-4-5-15-8-11(10)14/h2-5,7-8,13,17H,6H2,1H3. The third-order valence-corrected chi connectivity index (χ3v) is 2.89. The minimum Gasteiger partial charge on any atom is -0.386 e. The van der Waals surface area contributed by atoms with Gasteiger partial charge in [-0.3, -0.25) is 9.97 Å². The molecule has 2 aromatic heterocycles. The van der Waals surface area contributed by atoms with Crippen molar-refractivity contribution in [2.24, 2.45) is 0 Å². The Kier molecular flexibility index (Phi) is 3.71. The van der Waals surface area contributed by atoms with E-state index in [1.54, 1.807) is 24.7 Å². The zero-order valence-corrected chi connectivity index (χ0v) is 10.2. The maximum absolute atomic E-state index is 10.0. The summed E-state index contributed by atoms with van der Waals surface area (Å²) < 4.78 is 0. The van der Waals surface area contributed by atoms with Crippen molar-refractivity contribution in [3.05, 3.63) is 58.6 Å². The number of halogens is 1. The van der Waals surface area contributed by atoms with Gasteiger partial charge in [0.2, 0.25) is 0 Å². The van der Waals surface area contributed by atoms with Gasteiger partial charge >= 0.3 is 0 Å². The second kappa shape index (κ2) is 5.25. The summed E-state index contributed by atoms with van der Waals surface area (Å²) in [6.45, 7) is 1.96. The van der Waals surface area contributed by atoms with E-state index >= 15 is 0 Å². The third kappa shape index (κ3) is 3.02.